The molecule has 0 fully saturated rings. The SMILES string of the molecule is Cc1cnc(C(=O)N2CCOc3ccccc3C2C(=O)O)cc1C. The number of benzene rings is 1. The zero-order chi connectivity index (χ0) is 17.3. The minimum absolute atomic E-state index is 0.180. The van der Waals surface area contributed by atoms with Gasteiger partial charge in [-0.05, 0) is 37.1 Å². The monoisotopic (exact) mass is 326 g/mol. The summed E-state index contributed by atoms with van der Waals surface area (Å²) in [6.45, 7) is 4.21. The van der Waals surface area contributed by atoms with Crippen LogP contribution in [0.1, 0.15) is 33.2 Å². The van der Waals surface area contributed by atoms with E-state index in [-0.39, 0.29) is 18.8 Å². The first-order chi connectivity index (χ1) is 11.5. The van der Waals surface area contributed by atoms with Crippen LogP contribution < -0.4 is 4.74 Å². The molecule has 24 heavy (non-hydrogen) atoms. The molecule has 0 aliphatic carbocycles. The number of carbonyl (C=O) groups is 2. The fourth-order valence-electron chi connectivity index (χ4n) is 2.76. The number of nitrogens with zero attached hydrogens (tertiary/aromatic N) is 2. The number of aryl methyl sites for hydroxylation is 2. The van der Waals surface area contributed by atoms with Gasteiger partial charge in [0.25, 0.3) is 5.91 Å². The molecule has 1 aliphatic heterocycles. The summed E-state index contributed by atoms with van der Waals surface area (Å²) in [4.78, 5) is 30.2. The summed E-state index contributed by atoms with van der Waals surface area (Å²) < 4.78 is 5.61. The highest BCUT2D eigenvalue weighted by Gasteiger charge is 2.36. The molecule has 1 N–H and O–H groups in total. The number of hydrogen-bond donors (Lipinski definition) is 1. The van der Waals surface area contributed by atoms with E-state index in [1.54, 1.807) is 36.5 Å². The van der Waals surface area contributed by atoms with Crippen LogP contribution in [-0.2, 0) is 4.79 Å². The Kier molecular flexibility index (Phi) is 4.20. The predicted molar refractivity (Wildman–Crippen MR) is 87.1 cm³/mol. The quantitative estimate of drug-likeness (QED) is 0.916. The molecule has 1 aromatic carbocycles. The smallest absolute Gasteiger partial charge is 0.331 e. The zero-order valence-corrected chi connectivity index (χ0v) is 13.5. The lowest BCUT2D eigenvalue weighted by Crippen LogP contribution is -2.40. The summed E-state index contributed by atoms with van der Waals surface area (Å²) in [5.74, 6) is -1.01. The Morgan fingerprint density at radius 1 is 1.25 bits per heavy atom. The van der Waals surface area contributed by atoms with Gasteiger partial charge in [-0.25, -0.2) is 4.79 Å². The summed E-state index contributed by atoms with van der Waals surface area (Å²) in [5.41, 5.74) is 2.63. The number of aliphatic carboxylic acids is 1. The molecule has 1 atom stereocenters. The van der Waals surface area contributed by atoms with Crippen molar-refractivity contribution >= 4 is 11.9 Å². The van der Waals surface area contributed by atoms with Gasteiger partial charge >= 0.3 is 5.97 Å². The van der Waals surface area contributed by atoms with Crippen LogP contribution in [0.5, 0.6) is 5.75 Å². The fraction of sp³-hybridized carbons (Fsp3) is 0.278. The van der Waals surface area contributed by atoms with Crippen molar-refractivity contribution in [1.82, 2.24) is 9.88 Å². The number of hydrogen-bond acceptors (Lipinski definition) is 4. The molecule has 124 valence electrons. The van der Waals surface area contributed by atoms with Crippen LogP contribution in [0.4, 0.5) is 0 Å². The van der Waals surface area contributed by atoms with Gasteiger partial charge in [0.2, 0.25) is 0 Å². The highest BCUT2D eigenvalue weighted by Crippen LogP contribution is 2.33. The first-order valence-electron chi connectivity index (χ1n) is 7.68. The van der Waals surface area contributed by atoms with Crippen LogP contribution in [0.15, 0.2) is 36.5 Å². The first kappa shape index (κ1) is 16.0. The Morgan fingerprint density at radius 3 is 2.71 bits per heavy atom. The topological polar surface area (TPSA) is 79.7 Å². The molecule has 6 nitrogen and oxygen atoms in total. The van der Waals surface area contributed by atoms with Gasteiger partial charge in [-0.15, -0.1) is 0 Å². The van der Waals surface area contributed by atoms with Crippen molar-refractivity contribution in [2.45, 2.75) is 19.9 Å². The van der Waals surface area contributed by atoms with E-state index >= 15 is 0 Å². The molecule has 0 saturated carbocycles. The van der Waals surface area contributed by atoms with Gasteiger partial charge in [0.05, 0.1) is 6.54 Å². The molecule has 2 heterocycles. The maximum atomic E-state index is 12.9. The van der Waals surface area contributed by atoms with E-state index in [4.69, 9.17) is 4.74 Å². The summed E-state index contributed by atoms with van der Waals surface area (Å²) in [6.07, 6.45) is 1.63. The average Bonchev–Trinajstić information content (AvgIpc) is 2.76. The summed E-state index contributed by atoms with van der Waals surface area (Å²) in [6, 6.07) is 7.50. The third-order valence-corrected chi connectivity index (χ3v) is 4.20. The second kappa shape index (κ2) is 6.31. The molecule has 1 aromatic heterocycles. The van der Waals surface area contributed by atoms with E-state index in [0.29, 0.717) is 11.3 Å². The lowest BCUT2D eigenvalue weighted by atomic mass is 10.0. The number of amides is 1. The molecule has 0 saturated heterocycles. The van der Waals surface area contributed by atoms with Gasteiger partial charge in [-0.3, -0.25) is 9.78 Å². The van der Waals surface area contributed by atoms with Gasteiger partial charge in [0.15, 0.2) is 6.04 Å². The van der Waals surface area contributed by atoms with Crippen molar-refractivity contribution in [3.8, 4) is 5.75 Å². The van der Waals surface area contributed by atoms with E-state index < -0.39 is 17.9 Å². The first-order valence-corrected chi connectivity index (χ1v) is 7.68. The number of rotatable bonds is 2. The molecule has 0 spiro atoms. The Morgan fingerprint density at radius 2 is 2.00 bits per heavy atom. The number of pyridine rings is 1. The molecule has 2 aromatic rings. The highest BCUT2D eigenvalue weighted by molar-refractivity contribution is 5.95. The minimum atomic E-state index is -1.10. The Hall–Kier alpha value is -2.89. The fourth-order valence-corrected chi connectivity index (χ4v) is 2.76. The van der Waals surface area contributed by atoms with E-state index in [2.05, 4.69) is 4.98 Å². The lowest BCUT2D eigenvalue weighted by Gasteiger charge is -2.26. The van der Waals surface area contributed by atoms with Crippen LogP contribution in [0, 0.1) is 13.8 Å². The second-order valence-electron chi connectivity index (χ2n) is 5.78. The number of aromatic nitrogens is 1. The van der Waals surface area contributed by atoms with E-state index in [1.807, 2.05) is 13.8 Å². The van der Waals surface area contributed by atoms with Crippen molar-refractivity contribution in [2.75, 3.05) is 13.2 Å². The largest absolute Gasteiger partial charge is 0.491 e. The van der Waals surface area contributed by atoms with Gasteiger partial charge in [0.1, 0.15) is 18.1 Å². The Labute approximate surface area is 139 Å². The maximum absolute atomic E-state index is 12.9. The van der Waals surface area contributed by atoms with Crippen molar-refractivity contribution < 1.29 is 19.4 Å². The molecule has 1 amide bonds. The predicted octanol–water partition coefficient (Wildman–Crippen LogP) is 2.36. The van der Waals surface area contributed by atoms with E-state index in [9.17, 15) is 14.7 Å². The number of carbonyl (C=O) groups excluding carboxylic acids is 1. The number of fused-ring (bicyclic) bond motifs is 1. The van der Waals surface area contributed by atoms with Crippen LogP contribution >= 0.6 is 0 Å². The third-order valence-electron chi connectivity index (χ3n) is 4.20. The molecule has 0 bridgehead atoms. The average molecular weight is 326 g/mol. The normalized spacial score (nSPS) is 16.8. The molecule has 6 heteroatoms. The van der Waals surface area contributed by atoms with Crippen molar-refractivity contribution in [1.29, 1.82) is 0 Å². The Bertz CT molecular complexity index is 803. The summed E-state index contributed by atoms with van der Waals surface area (Å²) in [7, 11) is 0. The minimum Gasteiger partial charge on any atom is -0.491 e. The summed E-state index contributed by atoms with van der Waals surface area (Å²) >= 11 is 0. The number of carboxylic acids is 1. The van der Waals surface area contributed by atoms with Gasteiger partial charge < -0.3 is 14.7 Å². The van der Waals surface area contributed by atoms with Gasteiger partial charge in [-0.2, -0.15) is 0 Å². The molecule has 0 radical (unpaired) electrons. The van der Waals surface area contributed by atoms with Gasteiger partial charge in [-0.1, -0.05) is 18.2 Å². The number of ether oxygens (including phenoxy) is 1. The van der Waals surface area contributed by atoms with Crippen LogP contribution in [0.3, 0.4) is 0 Å². The van der Waals surface area contributed by atoms with E-state index in [0.717, 1.165) is 11.1 Å². The van der Waals surface area contributed by atoms with Crippen molar-refractivity contribution in [2.24, 2.45) is 0 Å². The maximum Gasteiger partial charge on any atom is 0.331 e. The van der Waals surface area contributed by atoms with Crippen molar-refractivity contribution in [3.05, 3.63) is 58.9 Å². The third kappa shape index (κ3) is 2.82. The number of carboxylic acid groups (broad SMARTS) is 1. The van der Waals surface area contributed by atoms with Crippen molar-refractivity contribution in [3.63, 3.8) is 0 Å². The second-order valence-corrected chi connectivity index (χ2v) is 5.78. The Balaban J connectivity index is 2.03. The van der Waals surface area contributed by atoms with Gasteiger partial charge in [0, 0.05) is 11.8 Å². The van der Waals surface area contributed by atoms with E-state index in [1.165, 1.54) is 4.90 Å². The standard InChI is InChI=1S/C18H18N2O4/c1-11-9-14(19-10-12(11)2)17(21)20-7-8-24-15-6-4-3-5-13(15)16(20)18(22)23/h3-6,9-10,16H,7-8H2,1-2H3,(H,22,23). The zero-order valence-electron chi connectivity index (χ0n) is 13.5. The van der Waals surface area contributed by atoms with Crippen LogP contribution in [0.25, 0.3) is 0 Å². The highest BCUT2D eigenvalue weighted by atomic mass is 16.5. The molecular weight excluding hydrogens is 308 g/mol. The van der Waals surface area contributed by atoms with Crippen LogP contribution in [-0.4, -0.2) is 40.0 Å². The van der Waals surface area contributed by atoms with Crippen LogP contribution in [0.2, 0.25) is 0 Å². The lowest BCUT2D eigenvalue weighted by molar-refractivity contribution is -0.142. The molecule has 1 unspecified atom stereocenters. The molecule has 3 rings (SSSR count). The molecule has 1 aliphatic rings. The molecular formula is C18H18N2O4. The summed E-state index contributed by atoms with van der Waals surface area (Å²) in [5, 5.41) is 9.71. The number of para-hydroxylation sites is 1.